The lowest BCUT2D eigenvalue weighted by Gasteiger charge is -2.22. The van der Waals surface area contributed by atoms with Crippen LogP contribution in [0.2, 0.25) is 0 Å². The third-order valence-corrected chi connectivity index (χ3v) is 6.40. The average Bonchev–Trinajstić information content (AvgIpc) is 2.92. The van der Waals surface area contributed by atoms with E-state index in [0.717, 1.165) is 44.9 Å². The summed E-state index contributed by atoms with van der Waals surface area (Å²) in [5.41, 5.74) is 6.70. The number of benzene rings is 1. The highest BCUT2D eigenvalue weighted by atomic mass is 16.7. The van der Waals surface area contributed by atoms with Crippen LogP contribution >= 0.6 is 0 Å². The molecule has 232 valence electrons. The first-order valence-electron chi connectivity index (χ1n) is 14.9. The van der Waals surface area contributed by atoms with Crippen molar-refractivity contribution in [2.75, 3.05) is 6.61 Å². The Labute approximate surface area is 244 Å². The number of carbonyl (C=O) groups is 4. The molecular weight excluding hydrogens is 530 g/mol. The van der Waals surface area contributed by atoms with Crippen LogP contribution < -0.4 is 15.2 Å². The van der Waals surface area contributed by atoms with Gasteiger partial charge in [-0.05, 0) is 57.2 Å². The smallest absolute Gasteiger partial charge is 0.458 e. The van der Waals surface area contributed by atoms with Crippen LogP contribution in [0.4, 0.5) is 4.79 Å². The van der Waals surface area contributed by atoms with Crippen molar-refractivity contribution in [2.45, 2.75) is 130 Å². The van der Waals surface area contributed by atoms with Crippen LogP contribution in [0.3, 0.4) is 0 Å². The molecule has 0 heterocycles. The van der Waals surface area contributed by atoms with Crippen LogP contribution in [0.1, 0.15) is 111 Å². The van der Waals surface area contributed by atoms with Gasteiger partial charge in [-0.15, -0.1) is 0 Å². The molecule has 41 heavy (non-hydrogen) atoms. The molecule has 0 aromatic heterocycles. The molecule has 0 radical (unpaired) electrons. The number of ether oxygens (including phenoxy) is 5. The predicted octanol–water partition coefficient (Wildman–Crippen LogP) is 6.19. The fourth-order valence-electron chi connectivity index (χ4n) is 3.72. The number of unbranched alkanes of at least 4 members (excludes halogenated alkanes) is 6. The van der Waals surface area contributed by atoms with Crippen molar-refractivity contribution < 1.29 is 42.9 Å². The van der Waals surface area contributed by atoms with Gasteiger partial charge in [0.1, 0.15) is 18.2 Å². The number of esters is 3. The molecule has 3 atom stereocenters. The maximum Gasteiger partial charge on any atom is 0.508 e. The molecular formula is C31H49NO9. The van der Waals surface area contributed by atoms with Gasteiger partial charge < -0.3 is 29.4 Å². The van der Waals surface area contributed by atoms with E-state index in [4.69, 9.17) is 29.4 Å². The van der Waals surface area contributed by atoms with Gasteiger partial charge in [-0.2, -0.15) is 0 Å². The lowest BCUT2D eigenvalue weighted by molar-refractivity contribution is -0.155. The number of rotatable bonds is 20. The van der Waals surface area contributed by atoms with Crippen LogP contribution in [0.25, 0.3) is 0 Å². The summed E-state index contributed by atoms with van der Waals surface area (Å²) in [6.45, 7) is 9.59. The fraction of sp³-hybridized carbons (Fsp3) is 0.677. The van der Waals surface area contributed by atoms with Gasteiger partial charge in [0.05, 0.1) is 6.61 Å². The maximum absolute atomic E-state index is 12.7. The normalized spacial score (nSPS) is 13.0. The molecule has 10 nitrogen and oxygen atoms in total. The second kappa shape index (κ2) is 20.7. The molecule has 0 aliphatic heterocycles. The van der Waals surface area contributed by atoms with E-state index in [2.05, 4.69) is 0 Å². The second-order valence-corrected chi connectivity index (χ2v) is 10.2. The molecule has 1 rings (SSSR count). The summed E-state index contributed by atoms with van der Waals surface area (Å²) in [5.74, 6) is -1.30. The minimum atomic E-state index is -1.04. The Bertz CT molecular complexity index is 950. The van der Waals surface area contributed by atoms with E-state index in [9.17, 15) is 19.2 Å². The third kappa shape index (κ3) is 15.4. The standard InChI is InChI=1S/C31H49NO9/c1-6-9-12-15-28(33)40-26-18-17-24(21-27(26)41-29(34)16-13-10-7-2)20-25(32)30(35)38-22(4)23(5)39-31(36)37-19-14-11-8-3/h17-18,21-23,25H,6-16,19-20,32H2,1-5H3/t22-,23-,25-/m0/s1. The molecule has 1 aromatic rings. The van der Waals surface area contributed by atoms with E-state index in [1.165, 1.54) is 6.07 Å². The number of hydrogen-bond donors (Lipinski definition) is 1. The van der Waals surface area contributed by atoms with E-state index >= 15 is 0 Å². The average molecular weight is 580 g/mol. The summed E-state index contributed by atoms with van der Waals surface area (Å²) < 4.78 is 26.6. The Morgan fingerprint density at radius 3 is 1.85 bits per heavy atom. The molecule has 0 saturated carbocycles. The number of hydrogen-bond acceptors (Lipinski definition) is 10. The molecule has 0 aliphatic carbocycles. The van der Waals surface area contributed by atoms with Crippen LogP contribution in [0, 0.1) is 0 Å². The Hall–Kier alpha value is -3.14. The number of nitrogens with two attached hydrogens (primary N) is 1. The van der Waals surface area contributed by atoms with Crippen LogP contribution in [0.15, 0.2) is 18.2 Å². The van der Waals surface area contributed by atoms with Gasteiger partial charge in [0, 0.05) is 12.8 Å². The highest BCUT2D eigenvalue weighted by Gasteiger charge is 2.25. The summed E-state index contributed by atoms with van der Waals surface area (Å²) in [5, 5.41) is 0. The van der Waals surface area contributed by atoms with Gasteiger partial charge in [-0.3, -0.25) is 14.4 Å². The van der Waals surface area contributed by atoms with Crippen LogP contribution in [-0.4, -0.2) is 48.9 Å². The molecule has 1 aromatic carbocycles. The molecule has 10 heteroatoms. The highest BCUT2D eigenvalue weighted by molar-refractivity contribution is 5.77. The molecule has 0 aliphatic rings. The minimum absolute atomic E-state index is 0.0748. The van der Waals surface area contributed by atoms with Crippen molar-refractivity contribution in [3.63, 3.8) is 0 Å². The summed E-state index contributed by atoms with van der Waals surface area (Å²) in [7, 11) is 0. The monoisotopic (exact) mass is 579 g/mol. The van der Waals surface area contributed by atoms with Crippen molar-refractivity contribution in [3.8, 4) is 11.5 Å². The summed E-state index contributed by atoms with van der Waals surface area (Å²) in [4.78, 5) is 49.2. The largest absolute Gasteiger partial charge is 0.508 e. The minimum Gasteiger partial charge on any atom is -0.458 e. The molecule has 0 spiro atoms. The third-order valence-electron chi connectivity index (χ3n) is 6.40. The summed E-state index contributed by atoms with van der Waals surface area (Å²) in [6, 6.07) is 3.69. The Morgan fingerprint density at radius 1 is 0.732 bits per heavy atom. The van der Waals surface area contributed by atoms with Crippen molar-refractivity contribution in [2.24, 2.45) is 5.73 Å². The van der Waals surface area contributed by atoms with Gasteiger partial charge in [0.15, 0.2) is 11.5 Å². The van der Waals surface area contributed by atoms with Crippen molar-refractivity contribution in [1.29, 1.82) is 0 Å². The Balaban J connectivity index is 2.81. The Morgan fingerprint density at radius 2 is 1.27 bits per heavy atom. The van der Waals surface area contributed by atoms with Crippen LogP contribution in [-0.2, 0) is 35.0 Å². The van der Waals surface area contributed by atoms with Gasteiger partial charge in [0.2, 0.25) is 0 Å². The van der Waals surface area contributed by atoms with E-state index in [-0.39, 0.29) is 37.4 Å². The van der Waals surface area contributed by atoms with Crippen molar-refractivity contribution >= 4 is 24.1 Å². The zero-order chi connectivity index (χ0) is 30.6. The quantitative estimate of drug-likeness (QED) is 0.108. The van der Waals surface area contributed by atoms with E-state index < -0.39 is 42.3 Å². The second-order valence-electron chi connectivity index (χ2n) is 10.2. The van der Waals surface area contributed by atoms with Crippen molar-refractivity contribution in [3.05, 3.63) is 23.8 Å². The van der Waals surface area contributed by atoms with Crippen LogP contribution in [0.5, 0.6) is 11.5 Å². The number of carbonyl (C=O) groups excluding carboxylic acids is 4. The lowest BCUT2D eigenvalue weighted by Crippen LogP contribution is -2.39. The van der Waals surface area contributed by atoms with E-state index in [1.807, 2.05) is 20.8 Å². The molecule has 2 N–H and O–H groups in total. The molecule has 0 bridgehead atoms. The predicted molar refractivity (Wildman–Crippen MR) is 155 cm³/mol. The van der Waals surface area contributed by atoms with Gasteiger partial charge in [-0.25, -0.2) is 4.79 Å². The molecule has 0 unspecified atom stereocenters. The first-order chi connectivity index (χ1) is 19.6. The SMILES string of the molecule is CCCCCOC(=O)O[C@@H](C)[C@H](C)OC(=O)[C@@H](N)Cc1ccc(OC(=O)CCCCC)c(OC(=O)CCCCC)c1. The van der Waals surface area contributed by atoms with Crippen molar-refractivity contribution in [1.82, 2.24) is 0 Å². The van der Waals surface area contributed by atoms with Gasteiger partial charge in [0.25, 0.3) is 0 Å². The van der Waals surface area contributed by atoms with E-state index in [0.29, 0.717) is 18.4 Å². The maximum atomic E-state index is 12.7. The molecule has 0 saturated heterocycles. The zero-order valence-electron chi connectivity index (χ0n) is 25.4. The molecule has 0 fully saturated rings. The first kappa shape index (κ1) is 35.9. The van der Waals surface area contributed by atoms with Gasteiger partial charge in [-0.1, -0.05) is 65.4 Å². The van der Waals surface area contributed by atoms with E-state index in [1.54, 1.807) is 26.0 Å². The van der Waals surface area contributed by atoms with Gasteiger partial charge >= 0.3 is 24.1 Å². The lowest BCUT2D eigenvalue weighted by atomic mass is 10.1. The highest BCUT2D eigenvalue weighted by Crippen LogP contribution is 2.30. The first-order valence-corrected chi connectivity index (χ1v) is 14.9. The molecule has 0 amide bonds. The topological polar surface area (TPSA) is 140 Å². The summed E-state index contributed by atoms with van der Waals surface area (Å²) in [6.07, 6.45) is 6.10. The fourth-order valence-corrected chi connectivity index (χ4v) is 3.72. The Kier molecular flexibility index (Phi) is 18.1. The summed E-state index contributed by atoms with van der Waals surface area (Å²) >= 11 is 0. The zero-order valence-corrected chi connectivity index (χ0v) is 25.4.